The Morgan fingerprint density at radius 1 is 1.05 bits per heavy atom. The maximum atomic E-state index is 10.7. The van der Waals surface area contributed by atoms with Gasteiger partial charge >= 0.3 is 0 Å². The minimum Gasteiger partial charge on any atom is -0.388 e. The summed E-state index contributed by atoms with van der Waals surface area (Å²) in [5.41, 5.74) is 2.50. The molecule has 1 fully saturated rings. The summed E-state index contributed by atoms with van der Waals surface area (Å²) in [6.07, 6.45) is 9.86. The van der Waals surface area contributed by atoms with Gasteiger partial charge in [-0.25, -0.2) is 0 Å². The van der Waals surface area contributed by atoms with E-state index in [1.165, 1.54) is 50.5 Å². The molecule has 1 heteroatoms. The standard InChI is InChI=1S/C19H30O/c1-15(2)13-16-9-8-12-18(14-16)19(20)17-10-6-4-3-5-7-11-17/h8-9,12,14-15,17,19-20H,3-7,10-11,13H2,1-2H3. The van der Waals surface area contributed by atoms with Crippen molar-refractivity contribution in [3.05, 3.63) is 35.4 Å². The molecule has 0 bridgehead atoms. The molecule has 0 aromatic heterocycles. The molecule has 1 nitrogen and oxygen atoms in total. The topological polar surface area (TPSA) is 20.2 Å². The van der Waals surface area contributed by atoms with Crippen molar-refractivity contribution < 1.29 is 5.11 Å². The van der Waals surface area contributed by atoms with Crippen LogP contribution in [0.2, 0.25) is 0 Å². The van der Waals surface area contributed by atoms with Gasteiger partial charge in [0.25, 0.3) is 0 Å². The Hall–Kier alpha value is -0.820. The van der Waals surface area contributed by atoms with Crippen LogP contribution in [-0.4, -0.2) is 5.11 Å². The van der Waals surface area contributed by atoms with E-state index in [4.69, 9.17) is 0 Å². The van der Waals surface area contributed by atoms with Crippen LogP contribution in [0.3, 0.4) is 0 Å². The number of aliphatic hydroxyl groups excluding tert-OH is 1. The number of hydrogen-bond donors (Lipinski definition) is 1. The highest BCUT2D eigenvalue weighted by Crippen LogP contribution is 2.33. The lowest BCUT2D eigenvalue weighted by Crippen LogP contribution is -2.14. The molecule has 1 saturated carbocycles. The Morgan fingerprint density at radius 2 is 1.70 bits per heavy atom. The Kier molecular flexibility index (Phi) is 6.09. The Balaban J connectivity index is 2.04. The molecule has 1 aromatic rings. The summed E-state index contributed by atoms with van der Waals surface area (Å²) < 4.78 is 0. The molecular weight excluding hydrogens is 244 g/mol. The van der Waals surface area contributed by atoms with Gasteiger partial charge in [0.05, 0.1) is 6.10 Å². The second-order valence-electron chi connectivity index (χ2n) is 6.89. The molecule has 0 amide bonds. The van der Waals surface area contributed by atoms with Gasteiger partial charge in [0.2, 0.25) is 0 Å². The van der Waals surface area contributed by atoms with Gasteiger partial charge in [0, 0.05) is 0 Å². The summed E-state index contributed by atoms with van der Waals surface area (Å²) in [5, 5.41) is 10.7. The fraction of sp³-hybridized carbons (Fsp3) is 0.684. The van der Waals surface area contributed by atoms with E-state index < -0.39 is 0 Å². The smallest absolute Gasteiger partial charge is 0.0818 e. The zero-order valence-electron chi connectivity index (χ0n) is 13.1. The van der Waals surface area contributed by atoms with Crippen LogP contribution in [0.5, 0.6) is 0 Å². The molecule has 112 valence electrons. The fourth-order valence-corrected chi connectivity index (χ4v) is 3.45. The van der Waals surface area contributed by atoms with Gasteiger partial charge < -0.3 is 5.11 Å². The highest BCUT2D eigenvalue weighted by atomic mass is 16.3. The Morgan fingerprint density at radius 3 is 2.35 bits per heavy atom. The predicted molar refractivity (Wildman–Crippen MR) is 85.8 cm³/mol. The molecule has 1 N–H and O–H groups in total. The summed E-state index contributed by atoms with van der Waals surface area (Å²) in [5.74, 6) is 1.13. The van der Waals surface area contributed by atoms with Crippen LogP contribution in [0, 0.1) is 11.8 Å². The van der Waals surface area contributed by atoms with Gasteiger partial charge in [-0.3, -0.25) is 0 Å². The number of aliphatic hydroxyl groups is 1. The summed E-state index contributed by atoms with van der Waals surface area (Å²) in [6, 6.07) is 8.63. The highest BCUT2D eigenvalue weighted by molar-refractivity contribution is 5.26. The first-order valence-electron chi connectivity index (χ1n) is 8.43. The van der Waals surface area contributed by atoms with Crippen molar-refractivity contribution in [2.45, 2.75) is 71.3 Å². The minimum atomic E-state index is -0.264. The third-order valence-electron chi connectivity index (χ3n) is 4.53. The molecular formula is C19H30O. The van der Waals surface area contributed by atoms with E-state index in [1.54, 1.807) is 0 Å². The van der Waals surface area contributed by atoms with Crippen molar-refractivity contribution in [3.8, 4) is 0 Å². The molecule has 0 heterocycles. The zero-order chi connectivity index (χ0) is 14.4. The van der Waals surface area contributed by atoms with E-state index >= 15 is 0 Å². The Labute approximate surface area is 124 Å². The van der Waals surface area contributed by atoms with Crippen LogP contribution in [0.15, 0.2) is 24.3 Å². The van der Waals surface area contributed by atoms with Gasteiger partial charge in [-0.1, -0.05) is 70.2 Å². The van der Waals surface area contributed by atoms with Gasteiger partial charge in [-0.15, -0.1) is 0 Å². The van der Waals surface area contributed by atoms with E-state index in [0.717, 1.165) is 12.0 Å². The lowest BCUT2D eigenvalue weighted by atomic mass is 9.84. The third-order valence-corrected chi connectivity index (χ3v) is 4.53. The second kappa shape index (κ2) is 7.83. The monoisotopic (exact) mass is 274 g/mol. The van der Waals surface area contributed by atoms with E-state index in [-0.39, 0.29) is 6.10 Å². The summed E-state index contributed by atoms with van der Waals surface area (Å²) >= 11 is 0. The molecule has 0 spiro atoms. The average Bonchev–Trinajstić information content (AvgIpc) is 2.37. The van der Waals surface area contributed by atoms with E-state index in [2.05, 4.69) is 38.1 Å². The van der Waals surface area contributed by atoms with E-state index in [9.17, 15) is 5.11 Å². The second-order valence-corrected chi connectivity index (χ2v) is 6.89. The van der Waals surface area contributed by atoms with Crippen LogP contribution in [0.1, 0.15) is 76.0 Å². The van der Waals surface area contributed by atoms with Crippen molar-refractivity contribution in [2.24, 2.45) is 11.8 Å². The van der Waals surface area contributed by atoms with Crippen LogP contribution >= 0.6 is 0 Å². The molecule has 0 radical (unpaired) electrons. The quantitative estimate of drug-likeness (QED) is 0.792. The maximum Gasteiger partial charge on any atom is 0.0818 e. The zero-order valence-corrected chi connectivity index (χ0v) is 13.1. The molecule has 1 aliphatic carbocycles. The summed E-state index contributed by atoms with van der Waals surface area (Å²) in [4.78, 5) is 0. The first-order valence-corrected chi connectivity index (χ1v) is 8.43. The average molecular weight is 274 g/mol. The SMILES string of the molecule is CC(C)Cc1cccc(C(O)C2CCCCCCC2)c1. The van der Waals surface area contributed by atoms with Crippen molar-refractivity contribution in [2.75, 3.05) is 0 Å². The number of benzene rings is 1. The first-order chi connectivity index (χ1) is 9.66. The summed E-state index contributed by atoms with van der Waals surface area (Å²) in [7, 11) is 0. The molecule has 20 heavy (non-hydrogen) atoms. The van der Waals surface area contributed by atoms with Crippen molar-refractivity contribution >= 4 is 0 Å². The molecule has 1 aliphatic rings. The van der Waals surface area contributed by atoms with Crippen molar-refractivity contribution in [3.63, 3.8) is 0 Å². The van der Waals surface area contributed by atoms with Crippen molar-refractivity contribution in [1.82, 2.24) is 0 Å². The molecule has 1 aromatic carbocycles. The van der Waals surface area contributed by atoms with Crippen LogP contribution in [-0.2, 0) is 6.42 Å². The van der Waals surface area contributed by atoms with Crippen LogP contribution in [0.25, 0.3) is 0 Å². The van der Waals surface area contributed by atoms with Gasteiger partial charge in [-0.2, -0.15) is 0 Å². The number of rotatable bonds is 4. The third kappa shape index (κ3) is 4.63. The predicted octanol–water partition coefficient (Wildman–Crippen LogP) is 5.28. The van der Waals surface area contributed by atoms with Crippen LogP contribution < -0.4 is 0 Å². The number of hydrogen-bond acceptors (Lipinski definition) is 1. The largest absolute Gasteiger partial charge is 0.388 e. The molecule has 0 saturated heterocycles. The minimum absolute atomic E-state index is 0.264. The van der Waals surface area contributed by atoms with Gasteiger partial charge in [0.1, 0.15) is 0 Å². The van der Waals surface area contributed by atoms with Crippen LogP contribution in [0.4, 0.5) is 0 Å². The van der Waals surface area contributed by atoms with Gasteiger partial charge in [-0.05, 0) is 42.2 Å². The highest BCUT2D eigenvalue weighted by Gasteiger charge is 2.21. The lowest BCUT2D eigenvalue weighted by molar-refractivity contribution is 0.0912. The molecule has 2 rings (SSSR count). The van der Waals surface area contributed by atoms with E-state index in [0.29, 0.717) is 11.8 Å². The fourth-order valence-electron chi connectivity index (χ4n) is 3.45. The Bertz CT molecular complexity index is 389. The summed E-state index contributed by atoms with van der Waals surface area (Å²) in [6.45, 7) is 4.50. The first kappa shape index (κ1) is 15.6. The lowest BCUT2D eigenvalue weighted by Gasteiger charge is -2.25. The van der Waals surface area contributed by atoms with E-state index in [1.807, 2.05) is 0 Å². The molecule has 1 unspecified atom stereocenters. The molecule has 0 aliphatic heterocycles. The molecule has 1 atom stereocenters. The normalized spacial score (nSPS) is 19.6. The maximum absolute atomic E-state index is 10.7. The van der Waals surface area contributed by atoms with Crippen molar-refractivity contribution in [1.29, 1.82) is 0 Å². The van der Waals surface area contributed by atoms with Gasteiger partial charge in [0.15, 0.2) is 0 Å².